The molecule has 1 fully saturated rings. The molecule has 1 aliphatic rings. The molecule has 1 aromatic carbocycles. The third-order valence-corrected chi connectivity index (χ3v) is 6.89. The summed E-state index contributed by atoms with van der Waals surface area (Å²) in [7, 11) is -3.49. The SMILES string of the molecule is O=S(=O)(/C=C/c1ccccc1)N1CCCC(c2nnc(-c3cccs3)o2)C1. The van der Waals surface area contributed by atoms with Gasteiger partial charge in [-0.15, -0.1) is 21.5 Å². The molecule has 0 amide bonds. The maximum Gasteiger partial charge on any atom is 0.257 e. The summed E-state index contributed by atoms with van der Waals surface area (Å²) in [6.07, 6.45) is 3.22. The van der Waals surface area contributed by atoms with Crippen molar-refractivity contribution in [1.82, 2.24) is 14.5 Å². The van der Waals surface area contributed by atoms with Crippen molar-refractivity contribution in [1.29, 1.82) is 0 Å². The Morgan fingerprint density at radius 2 is 2.00 bits per heavy atom. The van der Waals surface area contributed by atoms with Crippen molar-refractivity contribution < 1.29 is 12.8 Å². The maximum absolute atomic E-state index is 12.7. The molecule has 0 aliphatic carbocycles. The minimum absolute atomic E-state index is 0.0835. The molecule has 0 saturated carbocycles. The molecular formula is C19H19N3O3S2. The second-order valence-corrected chi connectivity index (χ2v) is 9.14. The fourth-order valence-electron chi connectivity index (χ4n) is 3.09. The van der Waals surface area contributed by atoms with Crippen molar-refractivity contribution in [3.05, 3.63) is 64.7 Å². The number of aromatic nitrogens is 2. The molecule has 0 radical (unpaired) electrons. The quantitative estimate of drug-likeness (QED) is 0.646. The van der Waals surface area contributed by atoms with E-state index in [0.29, 0.717) is 24.9 Å². The predicted molar refractivity (Wildman–Crippen MR) is 106 cm³/mol. The highest BCUT2D eigenvalue weighted by atomic mass is 32.2. The summed E-state index contributed by atoms with van der Waals surface area (Å²) in [6, 6.07) is 13.3. The average Bonchev–Trinajstić information content (AvgIpc) is 3.39. The molecule has 2 aromatic heterocycles. The van der Waals surface area contributed by atoms with Gasteiger partial charge in [0.1, 0.15) is 0 Å². The fourth-order valence-corrected chi connectivity index (χ4v) is 5.01. The number of nitrogens with zero attached hydrogens (tertiary/aromatic N) is 3. The third-order valence-electron chi connectivity index (χ3n) is 4.50. The zero-order valence-corrected chi connectivity index (χ0v) is 16.2. The van der Waals surface area contributed by atoms with Crippen LogP contribution in [-0.2, 0) is 10.0 Å². The number of piperidine rings is 1. The monoisotopic (exact) mass is 401 g/mol. The van der Waals surface area contributed by atoms with Gasteiger partial charge in [0.05, 0.1) is 10.8 Å². The van der Waals surface area contributed by atoms with Crippen molar-refractivity contribution >= 4 is 27.4 Å². The summed E-state index contributed by atoms with van der Waals surface area (Å²) in [5.74, 6) is 0.911. The van der Waals surface area contributed by atoms with Gasteiger partial charge in [0.2, 0.25) is 15.9 Å². The van der Waals surface area contributed by atoms with E-state index in [2.05, 4.69) is 10.2 Å². The first kappa shape index (κ1) is 18.1. The van der Waals surface area contributed by atoms with Gasteiger partial charge >= 0.3 is 0 Å². The smallest absolute Gasteiger partial charge is 0.257 e. The van der Waals surface area contributed by atoms with Crippen LogP contribution in [0.15, 0.2) is 57.7 Å². The van der Waals surface area contributed by atoms with Crippen LogP contribution >= 0.6 is 11.3 Å². The van der Waals surface area contributed by atoms with Gasteiger partial charge in [0.25, 0.3) is 5.89 Å². The lowest BCUT2D eigenvalue weighted by Crippen LogP contribution is -2.38. The van der Waals surface area contributed by atoms with Gasteiger partial charge in [-0.3, -0.25) is 0 Å². The summed E-state index contributed by atoms with van der Waals surface area (Å²) in [6.45, 7) is 0.859. The van der Waals surface area contributed by atoms with E-state index < -0.39 is 10.0 Å². The first-order valence-corrected chi connectivity index (χ1v) is 11.1. The lowest BCUT2D eigenvalue weighted by atomic mass is 10.00. The van der Waals surface area contributed by atoms with Gasteiger partial charge in [-0.1, -0.05) is 36.4 Å². The molecule has 0 N–H and O–H groups in total. The second kappa shape index (κ2) is 7.75. The van der Waals surface area contributed by atoms with Crippen LogP contribution in [0.4, 0.5) is 0 Å². The van der Waals surface area contributed by atoms with Crippen molar-refractivity contribution in [2.24, 2.45) is 0 Å². The highest BCUT2D eigenvalue weighted by Crippen LogP contribution is 2.31. The molecule has 1 atom stereocenters. The molecule has 1 saturated heterocycles. The van der Waals surface area contributed by atoms with E-state index in [-0.39, 0.29) is 5.92 Å². The summed E-state index contributed by atoms with van der Waals surface area (Å²) in [5.41, 5.74) is 0.854. The van der Waals surface area contributed by atoms with E-state index in [1.807, 2.05) is 47.8 Å². The molecule has 1 unspecified atom stereocenters. The van der Waals surface area contributed by atoms with Crippen molar-refractivity contribution in [2.45, 2.75) is 18.8 Å². The summed E-state index contributed by atoms with van der Waals surface area (Å²) >= 11 is 1.53. The highest BCUT2D eigenvalue weighted by Gasteiger charge is 2.31. The van der Waals surface area contributed by atoms with Crippen LogP contribution in [0.25, 0.3) is 16.8 Å². The van der Waals surface area contributed by atoms with Crippen molar-refractivity contribution in [3.63, 3.8) is 0 Å². The molecule has 27 heavy (non-hydrogen) atoms. The van der Waals surface area contributed by atoms with Crippen LogP contribution in [0.5, 0.6) is 0 Å². The van der Waals surface area contributed by atoms with Gasteiger partial charge < -0.3 is 4.42 Å². The second-order valence-electron chi connectivity index (χ2n) is 6.38. The van der Waals surface area contributed by atoms with Crippen LogP contribution < -0.4 is 0 Å². The highest BCUT2D eigenvalue weighted by molar-refractivity contribution is 7.92. The molecule has 1 aliphatic heterocycles. The van der Waals surface area contributed by atoms with Gasteiger partial charge in [-0.2, -0.15) is 4.31 Å². The zero-order valence-electron chi connectivity index (χ0n) is 14.6. The maximum atomic E-state index is 12.7. The molecule has 3 aromatic rings. The number of sulfonamides is 1. The Kier molecular flexibility index (Phi) is 5.20. The number of thiophene rings is 1. The molecule has 8 heteroatoms. The normalized spacial score (nSPS) is 18.9. The first-order valence-electron chi connectivity index (χ1n) is 8.72. The van der Waals surface area contributed by atoms with E-state index in [9.17, 15) is 8.42 Å². The Bertz CT molecular complexity index is 1010. The minimum Gasteiger partial charge on any atom is -0.420 e. The van der Waals surface area contributed by atoms with E-state index in [0.717, 1.165) is 23.3 Å². The molecule has 0 spiro atoms. The fraction of sp³-hybridized carbons (Fsp3) is 0.263. The Labute approximate surface area is 162 Å². The minimum atomic E-state index is -3.49. The van der Waals surface area contributed by atoms with Gasteiger partial charge in [-0.25, -0.2) is 8.42 Å². The van der Waals surface area contributed by atoms with Gasteiger partial charge in [0, 0.05) is 18.5 Å². The van der Waals surface area contributed by atoms with Crippen LogP contribution in [0.3, 0.4) is 0 Å². The number of rotatable bonds is 5. The van der Waals surface area contributed by atoms with E-state index >= 15 is 0 Å². The number of hydrogen-bond donors (Lipinski definition) is 0. The van der Waals surface area contributed by atoms with E-state index in [4.69, 9.17) is 4.42 Å². The van der Waals surface area contributed by atoms with Crippen molar-refractivity contribution in [3.8, 4) is 10.8 Å². The van der Waals surface area contributed by atoms with Crippen molar-refractivity contribution in [2.75, 3.05) is 13.1 Å². The molecule has 4 rings (SSSR count). The molecular weight excluding hydrogens is 382 g/mol. The average molecular weight is 402 g/mol. The summed E-state index contributed by atoms with van der Waals surface area (Å²) in [4.78, 5) is 0.917. The molecule has 140 valence electrons. The number of hydrogen-bond acceptors (Lipinski definition) is 6. The molecule has 6 nitrogen and oxygen atoms in total. The van der Waals surface area contributed by atoms with Crippen LogP contribution in [0.2, 0.25) is 0 Å². The zero-order chi connectivity index (χ0) is 18.7. The lowest BCUT2D eigenvalue weighted by Gasteiger charge is -2.29. The van der Waals surface area contributed by atoms with Gasteiger partial charge in [-0.05, 0) is 35.9 Å². The summed E-state index contributed by atoms with van der Waals surface area (Å²) in [5, 5.41) is 11.5. The Balaban J connectivity index is 1.48. The molecule has 3 heterocycles. The third kappa shape index (κ3) is 4.18. The predicted octanol–water partition coefficient (Wildman–Crippen LogP) is 3.98. The van der Waals surface area contributed by atoms with Crippen LogP contribution in [0.1, 0.15) is 30.2 Å². The van der Waals surface area contributed by atoms with Crippen LogP contribution in [-0.4, -0.2) is 36.0 Å². The van der Waals surface area contributed by atoms with E-state index in [1.54, 1.807) is 6.08 Å². The van der Waals surface area contributed by atoms with Crippen LogP contribution in [0, 0.1) is 0 Å². The van der Waals surface area contributed by atoms with Gasteiger partial charge in [0.15, 0.2) is 0 Å². The first-order chi connectivity index (χ1) is 13.1. The Morgan fingerprint density at radius 3 is 2.78 bits per heavy atom. The standard InChI is InChI=1S/C19H19N3O3S2/c23-27(24,13-10-15-6-2-1-3-7-15)22-11-4-8-16(14-22)18-20-21-19(25-18)17-9-5-12-26-17/h1-3,5-7,9-10,12-13,16H,4,8,11,14H2/b13-10+. The molecule has 0 bridgehead atoms. The Hall–Kier alpha value is -2.29. The number of benzene rings is 1. The lowest BCUT2D eigenvalue weighted by molar-refractivity contribution is 0.288. The topological polar surface area (TPSA) is 76.3 Å². The summed E-state index contributed by atoms with van der Waals surface area (Å²) < 4.78 is 32.7. The van der Waals surface area contributed by atoms with E-state index in [1.165, 1.54) is 21.1 Å². The largest absolute Gasteiger partial charge is 0.420 e. The Morgan fingerprint density at radius 1 is 1.15 bits per heavy atom.